The van der Waals surface area contributed by atoms with Gasteiger partial charge < -0.3 is 4.90 Å². The lowest BCUT2D eigenvalue weighted by molar-refractivity contribution is -0.385. The number of aromatic nitrogens is 1. The van der Waals surface area contributed by atoms with Crippen molar-refractivity contribution in [2.24, 2.45) is 0 Å². The minimum atomic E-state index is -0.573. The molecule has 1 heterocycles. The largest absolute Gasteiger partial charge is 0.308 e. The van der Waals surface area contributed by atoms with E-state index in [9.17, 15) is 14.9 Å². The van der Waals surface area contributed by atoms with E-state index in [-0.39, 0.29) is 16.3 Å². The molecule has 2 aromatic carbocycles. The lowest BCUT2D eigenvalue weighted by Gasteiger charge is -2.22. The van der Waals surface area contributed by atoms with Gasteiger partial charge in [0.15, 0.2) is 5.13 Å². The Morgan fingerprint density at radius 1 is 1.25 bits per heavy atom. The van der Waals surface area contributed by atoms with Gasteiger partial charge in [-0.05, 0) is 44.8 Å². The molecule has 1 aromatic heterocycles. The molecule has 28 heavy (non-hydrogen) atoms. The number of hydrogen-bond acceptors (Lipinski definition) is 6. The zero-order valence-electron chi connectivity index (χ0n) is 15.7. The number of anilines is 1. The van der Waals surface area contributed by atoms with Crippen LogP contribution in [0.5, 0.6) is 0 Å². The molecule has 0 saturated carbocycles. The van der Waals surface area contributed by atoms with Gasteiger partial charge >= 0.3 is 0 Å². The number of carbonyl (C=O) groups is 1. The monoisotopic (exact) mass is 418 g/mol. The van der Waals surface area contributed by atoms with E-state index in [4.69, 9.17) is 11.6 Å². The Kier molecular flexibility index (Phi) is 5.93. The van der Waals surface area contributed by atoms with Crippen molar-refractivity contribution in [3.05, 3.63) is 62.7 Å². The topological polar surface area (TPSA) is 79.6 Å². The number of halogens is 1. The number of thiazole rings is 1. The summed E-state index contributed by atoms with van der Waals surface area (Å²) >= 11 is 7.40. The average Bonchev–Trinajstić information content (AvgIpc) is 3.06. The maximum Gasteiger partial charge on any atom is 0.282 e. The van der Waals surface area contributed by atoms with Gasteiger partial charge in [0.2, 0.25) is 0 Å². The fourth-order valence-electron chi connectivity index (χ4n) is 2.76. The SMILES string of the molecule is Cc1cccc2sc(N(CCN(C)C)C(=O)c3cc(Cl)ccc3[N+](=O)[O-])nc12. The van der Waals surface area contributed by atoms with E-state index in [0.29, 0.717) is 18.2 Å². The van der Waals surface area contributed by atoms with E-state index in [1.807, 2.05) is 44.1 Å². The number of likely N-dealkylation sites (N-methyl/N-ethyl adjacent to an activating group) is 1. The van der Waals surface area contributed by atoms with Gasteiger partial charge in [0.25, 0.3) is 11.6 Å². The van der Waals surface area contributed by atoms with E-state index in [0.717, 1.165) is 15.8 Å². The number of carbonyl (C=O) groups excluding carboxylic acids is 1. The van der Waals surface area contributed by atoms with Gasteiger partial charge in [0, 0.05) is 24.2 Å². The first-order valence-corrected chi connectivity index (χ1v) is 9.74. The van der Waals surface area contributed by atoms with Gasteiger partial charge in [-0.3, -0.25) is 19.8 Å². The van der Waals surface area contributed by atoms with Gasteiger partial charge in [-0.15, -0.1) is 0 Å². The van der Waals surface area contributed by atoms with Crippen LogP contribution in [0.4, 0.5) is 10.8 Å². The second-order valence-corrected chi connectivity index (χ2v) is 8.04. The molecule has 3 rings (SSSR count). The fraction of sp³-hybridized carbons (Fsp3) is 0.263. The van der Waals surface area contributed by atoms with Crippen molar-refractivity contribution in [1.82, 2.24) is 9.88 Å². The second kappa shape index (κ2) is 8.22. The molecule has 0 aliphatic carbocycles. The Bertz CT molecular complexity index is 1050. The molecule has 3 aromatic rings. The molecular weight excluding hydrogens is 400 g/mol. The molecule has 0 atom stereocenters. The smallest absolute Gasteiger partial charge is 0.282 e. The predicted octanol–water partition coefficient (Wildman–Crippen LogP) is 4.37. The van der Waals surface area contributed by atoms with E-state index in [1.165, 1.54) is 34.4 Å². The Hall–Kier alpha value is -2.55. The van der Waals surface area contributed by atoms with Crippen molar-refractivity contribution in [3.63, 3.8) is 0 Å². The van der Waals surface area contributed by atoms with Crippen LogP contribution in [0, 0.1) is 17.0 Å². The van der Waals surface area contributed by atoms with Crippen molar-refractivity contribution in [1.29, 1.82) is 0 Å². The molecule has 0 unspecified atom stereocenters. The van der Waals surface area contributed by atoms with Crippen molar-refractivity contribution in [2.45, 2.75) is 6.92 Å². The molecule has 0 saturated heterocycles. The highest BCUT2D eigenvalue weighted by Gasteiger charge is 2.28. The fourth-order valence-corrected chi connectivity index (χ4v) is 4.00. The van der Waals surface area contributed by atoms with Gasteiger partial charge in [-0.2, -0.15) is 0 Å². The van der Waals surface area contributed by atoms with Gasteiger partial charge in [-0.25, -0.2) is 4.98 Å². The summed E-state index contributed by atoms with van der Waals surface area (Å²) in [4.78, 5) is 32.2. The van der Waals surface area contributed by atoms with Gasteiger partial charge in [-0.1, -0.05) is 35.1 Å². The number of aryl methyl sites for hydroxylation is 1. The summed E-state index contributed by atoms with van der Waals surface area (Å²) < 4.78 is 0.957. The second-order valence-electron chi connectivity index (χ2n) is 6.60. The molecule has 1 amide bonds. The van der Waals surface area contributed by atoms with E-state index in [1.54, 1.807) is 0 Å². The number of amides is 1. The maximum absolute atomic E-state index is 13.3. The number of para-hydroxylation sites is 1. The number of benzene rings is 2. The molecule has 146 valence electrons. The zero-order valence-corrected chi connectivity index (χ0v) is 17.3. The highest BCUT2D eigenvalue weighted by molar-refractivity contribution is 7.22. The summed E-state index contributed by atoms with van der Waals surface area (Å²) in [5, 5.41) is 12.2. The van der Waals surface area contributed by atoms with Gasteiger partial charge in [0.05, 0.1) is 15.1 Å². The number of nitrogens with zero attached hydrogens (tertiary/aromatic N) is 4. The third-order valence-electron chi connectivity index (χ3n) is 4.24. The Balaban J connectivity index is 2.09. The number of fused-ring (bicyclic) bond motifs is 1. The molecule has 7 nitrogen and oxygen atoms in total. The van der Waals surface area contributed by atoms with Crippen molar-refractivity contribution in [3.8, 4) is 0 Å². The third kappa shape index (κ3) is 4.14. The Labute approximate surface area is 171 Å². The molecule has 9 heteroatoms. The molecule has 0 bridgehead atoms. The summed E-state index contributed by atoms with van der Waals surface area (Å²) in [5.41, 5.74) is 1.51. The molecule has 0 spiro atoms. The summed E-state index contributed by atoms with van der Waals surface area (Å²) in [6.45, 7) is 2.88. The van der Waals surface area contributed by atoms with Crippen LogP contribution >= 0.6 is 22.9 Å². The standard InChI is InChI=1S/C19H19ClN4O3S/c1-12-5-4-6-16-17(12)21-19(28-16)23(10-9-22(2)3)18(25)14-11-13(20)7-8-15(14)24(26)27/h4-8,11H,9-10H2,1-3H3. The Morgan fingerprint density at radius 2 is 2.00 bits per heavy atom. The van der Waals surface area contributed by atoms with Crippen LogP contribution in [-0.4, -0.2) is 47.9 Å². The van der Waals surface area contributed by atoms with Crippen LogP contribution < -0.4 is 4.90 Å². The van der Waals surface area contributed by atoms with Crippen LogP contribution in [0.3, 0.4) is 0 Å². The number of hydrogen-bond donors (Lipinski definition) is 0. The summed E-state index contributed by atoms with van der Waals surface area (Å²) in [7, 11) is 3.79. The minimum absolute atomic E-state index is 0.0489. The summed E-state index contributed by atoms with van der Waals surface area (Å²) in [6.07, 6.45) is 0. The van der Waals surface area contributed by atoms with Crippen LogP contribution in [0.2, 0.25) is 5.02 Å². The molecule has 0 N–H and O–H groups in total. The lowest BCUT2D eigenvalue weighted by Crippen LogP contribution is -2.37. The maximum atomic E-state index is 13.3. The normalized spacial score (nSPS) is 11.2. The van der Waals surface area contributed by atoms with Gasteiger partial charge in [0.1, 0.15) is 5.56 Å². The first-order valence-electron chi connectivity index (χ1n) is 8.54. The van der Waals surface area contributed by atoms with Crippen LogP contribution in [0.1, 0.15) is 15.9 Å². The molecule has 0 fully saturated rings. The lowest BCUT2D eigenvalue weighted by atomic mass is 10.1. The molecular formula is C19H19ClN4O3S. The molecule has 0 aliphatic heterocycles. The minimum Gasteiger partial charge on any atom is -0.308 e. The zero-order chi connectivity index (χ0) is 20.4. The van der Waals surface area contributed by atoms with E-state index < -0.39 is 10.8 Å². The molecule has 0 radical (unpaired) electrons. The first-order chi connectivity index (χ1) is 13.3. The summed E-state index contributed by atoms with van der Waals surface area (Å²) in [5.74, 6) is -0.493. The van der Waals surface area contributed by atoms with Crippen LogP contribution in [-0.2, 0) is 0 Å². The summed E-state index contributed by atoms with van der Waals surface area (Å²) in [6, 6.07) is 9.83. The number of rotatable bonds is 6. The first kappa shape index (κ1) is 20.2. The van der Waals surface area contributed by atoms with Crippen LogP contribution in [0.15, 0.2) is 36.4 Å². The average molecular weight is 419 g/mol. The van der Waals surface area contributed by atoms with Crippen molar-refractivity contribution >= 4 is 49.9 Å². The highest BCUT2D eigenvalue weighted by atomic mass is 35.5. The predicted molar refractivity (Wildman–Crippen MR) is 113 cm³/mol. The van der Waals surface area contributed by atoms with E-state index >= 15 is 0 Å². The number of nitro benzene ring substituents is 1. The van der Waals surface area contributed by atoms with E-state index in [2.05, 4.69) is 4.98 Å². The number of nitro groups is 1. The highest BCUT2D eigenvalue weighted by Crippen LogP contribution is 2.33. The van der Waals surface area contributed by atoms with Crippen molar-refractivity contribution in [2.75, 3.05) is 32.1 Å². The quantitative estimate of drug-likeness (QED) is 0.438. The Morgan fingerprint density at radius 3 is 2.64 bits per heavy atom. The van der Waals surface area contributed by atoms with Crippen molar-refractivity contribution < 1.29 is 9.72 Å². The third-order valence-corrected chi connectivity index (χ3v) is 5.52. The molecule has 0 aliphatic rings. The van der Waals surface area contributed by atoms with Crippen LogP contribution in [0.25, 0.3) is 10.2 Å².